The normalized spacial score (nSPS) is 9.82. The molecule has 0 saturated carbocycles. The van der Waals surface area contributed by atoms with Gasteiger partial charge in [0.15, 0.2) is 0 Å². The van der Waals surface area contributed by atoms with E-state index in [0.717, 1.165) is 0 Å². The van der Waals surface area contributed by atoms with Gasteiger partial charge in [0.05, 0.1) is 0 Å². The van der Waals surface area contributed by atoms with Crippen LogP contribution in [0.15, 0.2) is 0 Å². The molecule has 0 spiro atoms. The summed E-state index contributed by atoms with van der Waals surface area (Å²) in [5, 5.41) is 0. The van der Waals surface area contributed by atoms with Crippen LogP contribution < -0.4 is 6.15 Å². The zero-order chi connectivity index (χ0) is 7.33. The van der Waals surface area contributed by atoms with Crippen LogP contribution in [0.1, 0.15) is 53.4 Å². The van der Waals surface area contributed by atoms with Gasteiger partial charge in [-0.2, -0.15) is 0 Å². The maximum absolute atomic E-state index is 2.31. The van der Waals surface area contributed by atoms with Crippen LogP contribution in [0.4, 0.5) is 0 Å². The average Bonchev–Trinajstić information content (AvgIpc) is 1.63. The molecule has 2 heteroatoms. The molecule has 11 heavy (non-hydrogen) atoms. The van der Waals surface area contributed by atoms with Crippen LogP contribution in [-0.2, 0) is 0 Å². The summed E-state index contributed by atoms with van der Waals surface area (Å²) in [7, 11) is 0. The van der Waals surface area contributed by atoms with Gasteiger partial charge < -0.3 is 11.6 Å². The van der Waals surface area contributed by atoms with Crippen molar-refractivity contribution in [2.24, 2.45) is 5.41 Å². The lowest BCUT2D eigenvalue weighted by Crippen LogP contribution is -2.03. The Morgan fingerprint density at radius 2 is 1.45 bits per heavy atom. The predicted molar refractivity (Wildman–Crippen MR) is 52.2 cm³/mol. The Hall–Kier alpha value is -0.0800. The quantitative estimate of drug-likeness (QED) is 0.638. The lowest BCUT2D eigenvalue weighted by Gasteiger charge is -2.16. The van der Waals surface area contributed by atoms with E-state index in [2.05, 4.69) is 27.7 Å². The molecule has 72 valence electrons. The fraction of sp³-hybridized carbons (Fsp3) is 1.00. The molecule has 0 aromatic carbocycles. The second-order valence-electron chi connectivity index (χ2n) is 4.02. The highest BCUT2D eigenvalue weighted by Crippen LogP contribution is 2.21. The van der Waals surface area contributed by atoms with Crippen molar-refractivity contribution in [1.82, 2.24) is 6.15 Å². The standard InChI is InChI=1S/C9H20.H3N.H2O/c1-5-6-7-8-9(2,3)4;;/h5-8H2,1-4H3;1H3;1H2. The molecule has 0 rings (SSSR count). The van der Waals surface area contributed by atoms with E-state index in [1.54, 1.807) is 0 Å². The summed E-state index contributed by atoms with van der Waals surface area (Å²) >= 11 is 0. The van der Waals surface area contributed by atoms with Crippen molar-refractivity contribution in [2.75, 3.05) is 0 Å². The Bertz CT molecular complexity index is 66.5. The van der Waals surface area contributed by atoms with E-state index in [9.17, 15) is 0 Å². The monoisotopic (exact) mass is 163 g/mol. The van der Waals surface area contributed by atoms with Gasteiger partial charge in [-0.15, -0.1) is 0 Å². The topological polar surface area (TPSA) is 66.5 Å². The summed E-state index contributed by atoms with van der Waals surface area (Å²) in [6, 6.07) is 0. The van der Waals surface area contributed by atoms with Gasteiger partial charge in [0.1, 0.15) is 0 Å². The summed E-state index contributed by atoms with van der Waals surface area (Å²) < 4.78 is 0. The van der Waals surface area contributed by atoms with Crippen molar-refractivity contribution < 1.29 is 5.48 Å². The molecule has 0 amide bonds. The van der Waals surface area contributed by atoms with Crippen LogP contribution in [0, 0.1) is 5.41 Å². The fourth-order valence-corrected chi connectivity index (χ4v) is 0.905. The van der Waals surface area contributed by atoms with Gasteiger partial charge >= 0.3 is 0 Å². The van der Waals surface area contributed by atoms with Crippen molar-refractivity contribution in [3.05, 3.63) is 0 Å². The molecular formula is C9H25NO. The Kier molecular flexibility index (Phi) is 12.5. The van der Waals surface area contributed by atoms with Gasteiger partial charge in [0.25, 0.3) is 0 Å². The third-order valence-corrected chi connectivity index (χ3v) is 1.53. The highest BCUT2D eigenvalue weighted by molar-refractivity contribution is 4.60. The molecule has 0 aliphatic rings. The SMILES string of the molecule is CCCCCC(C)(C)C.N.O. The zero-order valence-corrected chi connectivity index (χ0v) is 8.54. The largest absolute Gasteiger partial charge is 0.412 e. The predicted octanol–water partition coefficient (Wildman–Crippen LogP) is 2.95. The van der Waals surface area contributed by atoms with Gasteiger partial charge in [-0.05, 0) is 11.8 Å². The molecule has 0 aliphatic heterocycles. The Labute approximate surface area is 71.3 Å². The third-order valence-electron chi connectivity index (χ3n) is 1.53. The molecule has 5 N–H and O–H groups in total. The number of hydrogen-bond acceptors (Lipinski definition) is 1. The van der Waals surface area contributed by atoms with E-state index in [1.807, 2.05) is 0 Å². The Morgan fingerprint density at radius 3 is 1.73 bits per heavy atom. The first kappa shape index (κ1) is 17.1. The molecule has 0 saturated heterocycles. The summed E-state index contributed by atoms with van der Waals surface area (Å²) in [5.74, 6) is 0. The second-order valence-corrected chi connectivity index (χ2v) is 4.02. The summed E-state index contributed by atoms with van der Waals surface area (Å²) in [5.41, 5.74) is 0.551. The van der Waals surface area contributed by atoms with E-state index in [-0.39, 0.29) is 11.6 Å². The maximum Gasteiger partial charge on any atom is -0.0383 e. The van der Waals surface area contributed by atoms with Crippen LogP contribution in [0.25, 0.3) is 0 Å². The van der Waals surface area contributed by atoms with Crippen LogP contribution >= 0.6 is 0 Å². The molecule has 0 aromatic rings. The molecule has 0 unspecified atom stereocenters. The van der Waals surface area contributed by atoms with Crippen LogP contribution in [0.2, 0.25) is 0 Å². The van der Waals surface area contributed by atoms with Crippen molar-refractivity contribution in [3.8, 4) is 0 Å². The van der Waals surface area contributed by atoms with Crippen molar-refractivity contribution in [1.29, 1.82) is 0 Å². The number of rotatable bonds is 3. The van der Waals surface area contributed by atoms with Gasteiger partial charge in [-0.1, -0.05) is 47.0 Å². The molecular weight excluding hydrogens is 138 g/mol. The summed E-state index contributed by atoms with van der Waals surface area (Å²) in [6.07, 6.45) is 5.52. The van der Waals surface area contributed by atoms with E-state index in [0.29, 0.717) is 5.41 Å². The van der Waals surface area contributed by atoms with Gasteiger partial charge in [0, 0.05) is 0 Å². The molecule has 0 aromatic heterocycles. The minimum atomic E-state index is 0. The maximum atomic E-state index is 2.31. The van der Waals surface area contributed by atoms with E-state index in [1.165, 1.54) is 25.7 Å². The number of hydrogen-bond donors (Lipinski definition) is 1. The van der Waals surface area contributed by atoms with Crippen molar-refractivity contribution in [2.45, 2.75) is 53.4 Å². The lowest BCUT2D eigenvalue weighted by molar-refractivity contribution is 0.359. The van der Waals surface area contributed by atoms with Crippen LogP contribution in [-0.4, -0.2) is 5.48 Å². The van der Waals surface area contributed by atoms with Gasteiger partial charge in [0.2, 0.25) is 0 Å². The molecule has 0 heterocycles. The zero-order valence-electron chi connectivity index (χ0n) is 8.54. The third kappa shape index (κ3) is 17.8. The average molecular weight is 163 g/mol. The van der Waals surface area contributed by atoms with E-state index in [4.69, 9.17) is 0 Å². The van der Waals surface area contributed by atoms with Crippen LogP contribution in [0.5, 0.6) is 0 Å². The molecule has 0 atom stereocenters. The number of unbranched alkanes of at least 4 members (excludes halogenated alkanes) is 2. The highest BCUT2D eigenvalue weighted by atomic mass is 16.0. The minimum absolute atomic E-state index is 0. The van der Waals surface area contributed by atoms with E-state index < -0.39 is 0 Å². The first-order chi connectivity index (χ1) is 4.06. The first-order valence-electron chi connectivity index (χ1n) is 4.06. The Morgan fingerprint density at radius 1 is 1.00 bits per heavy atom. The van der Waals surface area contributed by atoms with Crippen molar-refractivity contribution >= 4 is 0 Å². The lowest BCUT2D eigenvalue weighted by atomic mass is 9.90. The minimum Gasteiger partial charge on any atom is -0.412 e. The fourth-order valence-electron chi connectivity index (χ4n) is 0.905. The molecule has 0 radical (unpaired) electrons. The van der Waals surface area contributed by atoms with E-state index >= 15 is 0 Å². The Balaban J connectivity index is -0.000000320. The smallest absolute Gasteiger partial charge is 0.0383 e. The summed E-state index contributed by atoms with van der Waals surface area (Å²) in [6.45, 7) is 9.18. The van der Waals surface area contributed by atoms with Gasteiger partial charge in [-0.3, -0.25) is 0 Å². The van der Waals surface area contributed by atoms with Crippen LogP contribution in [0.3, 0.4) is 0 Å². The molecule has 0 bridgehead atoms. The summed E-state index contributed by atoms with van der Waals surface area (Å²) in [4.78, 5) is 0. The van der Waals surface area contributed by atoms with Crippen molar-refractivity contribution in [3.63, 3.8) is 0 Å². The highest BCUT2D eigenvalue weighted by Gasteiger charge is 2.07. The molecule has 0 fully saturated rings. The van der Waals surface area contributed by atoms with Gasteiger partial charge in [-0.25, -0.2) is 0 Å². The molecule has 0 aliphatic carbocycles. The molecule has 2 nitrogen and oxygen atoms in total. The first-order valence-corrected chi connectivity index (χ1v) is 4.06. The second kappa shape index (κ2) is 8.02.